The average Bonchev–Trinajstić information content (AvgIpc) is 3.00. The van der Waals surface area contributed by atoms with Crippen LogP contribution >= 0.6 is 0 Å². The van der Waals surface area contributed by atoms with E-state index in [-0.39, 0.29) is 24.1 Å². The van der Waals surface area contributed by atoms with Gasteiger partial charge in [0.05, 0.1) is 25.1 Å². The predicted octanol–water partition coefficient (Wildman–Crippen LogP) is 1.06. The van der Waals surface area contributed by atoms with Crippen molar-refractivity contribution in [1.29, 1.82) is 0 Å². The van der Waals surface area contributed by atoms with Crippen molar-refractivity contribution in [3.63, 3.8) is 0 Å². The normalized spacial score (nSPS) is 19.5. The molecule has 0 radical (unpaired) electrons. The summed E-state index contributed by atoms with van der Waals surface area (Å²) in [6, 6.07) is 9.54. The van der Waals surface area contributed by atoms with Gasteiger partial charge >= 0.3 is 0 Å². The van der Waals surface area contributed by atoms with Gasteiger partial charge < -0.3 is 14.5 Å². The van der Waals surface area contributed by atoms with Crippen LogP contribution in [0, 0.1) is 0 Å². The molecule has 0 N–H and O–H groups in total. The lowest BCUT2D eigenvalue weighted by Gasteiger charge is -2.28. The Morgan fingerprint density at radius 1 is 1.27 bits per heavy atom. The summed E-state index contributed by atoms with van der Waals surface area (Å²) in [6.07, 6.45) is 2.49. The van der Waals surface area contributed by atoms with E-state index in [2.05, 4.69) is 10.00 Å². The lowest BCUT2D eigenvalue weighted by molar-refractivity contribution is -0.119. The van der Waals surface area contributed by atoms with Gasteiger partial charge in [0.2, 0.25) is 5.91 Å². The number of carbonyl (C=O) groups excluding carboxylic acids is 1. The zero-order valence-corrected chi connectivity index (χ0v) is 14.8. The number of hydrogen-bond acceptors (Lipinski definition) is 5. The van der Waals surface area contributed by atoms with Crippen LogP contribution in [0.1, 0.15) is 12.5 Å². The van der Waals surface area contributed by atoms with Gasteiger partial charge in [-0.05, 0) is 25.0 Å². The molecule has 7 nitrogen and oxygen atoms in total. The SMILES string of the molecule is CC1Cc2ccccc2N1C(=O)Cn1ncc(N2CCOCC2)cc1=O. The summed E-state index contributed by atoms with van der Waals surface area (Å²) >= 11 is 0. The van der Waals surface area contributed by atoms with Crippen LogP contribution < -0.4 is 15.4 Å². The number of carbonyl (C=O) groups is 1. The second kappa shape index (κ2) is 6.92. The molecule has 0 spiro atoms. The highest BCUT2D eigenvalue weighted by molar-refractivity contribution is 5.96. The number of morpholine rings is 1. The zero-order chi connectivity index (χ0) is 18.1. The standard InChI is InChI=1S/C19H22N4O3/c1-14-10-15-4-2-3-5-17(15)23(14)19(25)13-22-18(24)11-16(12-20-22)21-6-8-26-9-7-21/h2-5,11-12,14H,6-10,13H2,1H3. The molecular formula is C19H22N4O3. The van der Waals surface area contributed by atoms with Gasteiger partial charge in [-0.1, -0.05) is 18.2 Å². The van der Waals surface area contributed by atoms with Gasteiger partial charge in [0.1, 0.15) is 6.54 Å². The van der Waals surface area contributed by atoms with Crippen LogP contribution in [-0.2, 0) is 22.5 Å². The van der Waals surface area contributed by atoms with Gasteiger partial charge in [0.15, 0.2) is 0 Å². The molecule has 26 heavy (non-hydrogen) atoms. The van der Waals surface area contributed by atoms with Crippen LogP contribution in [0.3, 0.4) is 0 Å². The number of fused-ring (bicyclic) bond motifs is 1. The monoisotopic (exact) mass is 354 g/mol. The first-order chi connectivity index (χ1) is 12.6. The topological polar surface area (TPSA) is 67.7 Å². The number of anilines is 2. The Morgan fingerprint density at radius 3 is 2.81 bits per heavy atom. The Bertz CT molecular complexity index is 873. The third-order valence-electron chi connectivity index (χ3n) is 4.99. The molecule has 2 aliphatic heterocycles. The number of ether oxygens (including phenoxy) is 1. The number of nitrogens with zero attached hydrogens (tertiary/aromatic N) is 4. The molecule has 0 saturated carbocycles. The Balaban J connectivity index is 1.52. The minimum atomic E-state index is -0.262. The maximum atomic E-state index is 12.8. The van der Waals surface area contributed by atoms with Crippen molar-refractivity contribution in [2.45, 2.75) is 25.9 Å². The first-order valence-corrected chi connectivity index (χ1v) is 8.93. The third kappa shape index (κ3) is 3.10. The first kappa shape index (κ1) is 16.8. The fraction of sp³-hybridized carbons (Fsp3) is 0.421. The van der Waals surface area contributed by atoms with E-state index in [1.54, 1.807) is 17.2 Å². The van der Waals surface area contributed by atoms with Crippen molar-refractivity contribution in [3.8, 4) is 0 Å². The van der Waals surface area contributed by atoms with E-state index in [9.17, 15) is 9.59 Å². The molecule has 1 fully saturated rings. The van der Waals surface area contributed by atoms with Crippen molar-refractivity contribution >= 4 is 17.3 Å². The zero-order valence-electron chi connectivity index (χ0n) is 14.8. The van der Waals surface area contributed by atoms with E-state index in [1.165, 1.54) is 4.68 Å². The Kier molecular flexibility index (Phi) is 4.46. The molecule has 7 heteroatoms. The summed E-state index contributed by atoms with van der Waals surface area (Å²) in [5.74, 6) is -0.115. The second-order valence-corrected chi connectivity index (χ2v) is 6.75. The molecule has 0 bridgehead atoms. The molecule has 4 rings (SSSR count). The Morgan fingerprint density at radius 2 is 2.04 bits per heavy atom. The van der Waals surface area contributed by atoms with Gasteiger partial charge in [-0.2, -0.15) is 5.10 Å². The molecule has 0 aliphatic carbocycles. The molecule has 1 amide bonds. The molecule has 1 saturated heterocycles. The van der Waals surface area contributed by atoms with Gasteiger partial charge in [-0.3, -0.25) is 9.59 Å². The largest absolute Gasteiger partial charge is 0.378 e. The van der Waals surface area contributed by atoms with E-state index in [0.717, 1.165) is 36.4 Å². The van der Waals surface area contributed by atoms with Gasteiger partial charge in [0.25, 0.3) is 5.56 Å². The summed E-state index contributed by atoms with van der Waals surface area (Å²) in [4.78, 5) is 29.1. The maximum Gasteiger partial charge on any atom is 0.269 e. The quantitative estimate of drug-likeness (QED) is 0.824. The third-order valence-corrected chi connectivity index (χ3v) is 4.99. The summed E-state index contributed by atoms with van der Waals surface area (Å²) < 4.78 is 6.56. The smallest absolute Gasteiger partial charge is 0.269 e. The molecule has 1 aromatic heterocycles. The number of rotatable bonds is 3. The second-order valence-electron chi connectivity index (χ2n) is 6.75. The van der Waals surface area contributed by atoms with Crippen LogP contribution in [-0.4, -0.2) is 48.0 Å². The van der Waals surface area contributed by atoms with Crippen LogP contribution in [0.25, 0.3) is 0 Å². The summed E-state index contributed by atoms with van der Waals surface area (Å²) in [6.45, 7) is 4.75. The van der Waals surface area contributed by atoms with E-state index in [1.807, 2.05) is 31.2 Å². The first-order valence-electron chi connectivity index (χ1n) is 8.93. The van der Waals surface area contributed by atoms with Gasteiger partial charge in [0, 0.05) is 30.9 Å². The molecule has 136 valence electrons. The van der Waals surface area contributed by atoms with Crippen LogP contribution in [0.4, 0.5) is 11.4 Å². The number of para-hydroxylation sites is 1. The Labute approximate surface area is 151 Å². The molecule has 1 unspecified atom stereocenters. The molecule has 3 heterocycles. The van der Waals surface area contributed by atoms with Crippen molar-refractivity contribution < 1.29 is 9.53 Å². The summed E-state index contributed by atoms with van der Waals surface area (Å²) in [5, 5.41) is 4.22. The van der Waals surface area contributed by atoms with Gasteiger partial charge in [-0.25, -0.2) is 4.68 Å². The lowest BCUT2D eigenvalue weighted by atomic mass is 10.1. The van der Waals surface area contributed by atoms with E-state index >= 15 is 0 Å². The summed E-state index contributed by atoms with van der Waals surface area (Å²) in [5.41, 5.74) is 2.61. The molecular weight excluding hydrogens is 332 g/mol. The number of hydrogen-bond donors (Lipinski definition) is 0. The minimum Gasteiger partial charge on any atom is -0.378 e. The number of aromatic nitrogens is 2. The average molecular weight is 354 g/mol. The van der Waals surface area contributed by atoms with Crippen molar-refractivity contribution in [2.24, 2.45) is 0 Å². The van der Waals surface area contributed by atoms with Crippen molar-refractivity contribution in [2.75, 3.05) is 36.1 Å². The van der Waals surface area contributed by atoms with Crippen LogP contribution in [0.15, 0.2) is 41.3 Å². The molecule has 1 atom stereocenters. The summed E-state index contributed by atoms with van der Waals surface area (Å²) in [7, 11) is 0. The van der Waals surface area contributed by atoms with E-state index in [4.69, 9.17) is 4.74 Å². The number of amides is 1. The fourth-order valence-corrected chi connectivity index (χ4v) is 3.69. The van der Waals surface area contributed by atoms with E-state index in [0.29, 0.717) is 13.2 Å². The molecule has 2 aromatic rings. The fourth-order valence-electron chi connectivity index (χ4n) is 3.69. The highest BCUT2D eigenvalue weighted by Crippen LogP contribution is 2.31. The Hall–Kier alpha value is -2.67. The van der Waals surface area contributed by atoms with Crippen molar-refractivity contribution in [3.05, 3.63) is 52.4 Å². The van der Waals surface area contributed by atoms with E-state index < -0.39 is 0 Å². The van der Waals surface area contributed by atoms with Crippen LogP contribution in [0.5, 0.6) is 0 Å². The lowest BCUT2D eigenvalue weighted by Crippen LogP contribution is -2.41. The highest BCUT2D eigenvalue weighted by atomic mass is 16.5. The maximum absolute atomic E-state index is 12.8. The predicted molar refractivity (Wildman–Crippen MR) is 98.6 cm³/mol. The molecule has 2 aliphatic rings. The minimum absolute atomic E-state index is 0.0547. The van der Waals surface area contributed by atoms with Gasteiger partial charge in [-0.15, -0.1) is 0 Å². The highest BCUT2D eigenvalue weighted by Gasteiger charge is 2.30. The van der Waals surface area contributed by atoms with Crippen molar-refractivity contribution in [1.82, 2.24) is 9.78 Å². The molecule has 1 aromatic carbocycles. The van der Waals surface area contributed by atoms with Crippen LogP contribution in [0.2, 0.25) is 0 Å². The number of benzene rings is 1.